The van der Waals surface area contributed by atoms with E-state index in [1.165, 1.54) is 83.5 Å². The number of hydrogen-bond acceptors (Lipinski definition) is 1. The molecule has 0 rings (SSSR count). The molecule has 0 radical (unpaired) electrons. The van der Waals surface area contributed by atoms with Gasteiger partial charge in [0.25, 0.3) is 0 Å². The van der Waals surface area contributed by atoms with Crippen molar-refractivity contribution in [2.75, 3.05) is 6.61 Å². The van der Waals surface area contributed by atoms with Gasteiger partial charge in [0.05, 0.1) is 0 Å². The molecule has 31 heavy (non-hydrogen) atoms. The van der Waals surface area contributed by atoms with E-state index < -0.39 is 26.7 Å². The van der Waals surface area contributed by atoms with Crippen molar-refractivity contribution in [1.82, 2.24) is 0 Å². The van der Waals surface area contributed by atoms with Gasteiger partial charge < -0.3 is 0 Å². The topological polar surface area (TPSA) is 9.23 Å². The molecular formula is C28H60OSiSn. The van der Waals surface area contributed by atoms with E-state index >= 15 is 0 Å². The number of hydrogen-bond donors (Lipinski definition) is 0. The molecule has 0 N–H and O–H groups in total. The molecule has 0 bridgehead atoms. The predicted octanol–water partition coefficient (Wildman–Crippen LogP) is 10.7. The van der Waals surface area contributed by atoms with Crippen molar-refractivity contribution in [3.8, 4) is 0 Å². The number of rotatable bonds is 20. The zero-order valence-electron chi connectivity index (χ0n) is 23.1. The molecule has 0 aromatic heterocycles. The average molecular weight is 560 g/mol. The summed E-state index contributed by atoms with van der Waals surface area (Å²) in [6, 6.07) is 0. The molecule has 0 atom stereocenters. The monoisotopic (exact) mass is 560 g/mol. The van der Waals surface area contributed by atoms with E-state index in [-0.39, 0.29) is 0 Å². The summed E-state index contributed by atoms with van der Waals surface area (Å²) < 4.78 is 14.0. The van der Waals surface area contributed by atoms with Crippen LogP contribution in [0.2, 0.25) is 31.4 Å². The van der Waals surface area contributed by atoms with Gasteiger partial charge >= 0.3 is 165 Å². The Morgan fingerprint density at radius 1 is 0.677 bits per heavy atom. The fraction of sp³-hybridized carbons (Fsp3) is 0.929. The van der Waals surface area contributed by atoms with Gasteiger partial charge in [-0.1, -0.05) is 20.8 Å². The van der Waals surface area contributed by atoms with Crippen LogP contribution in [0, 0.1) is 0 Å². The van der Waals surface area contributed by atoms with Crippen molar-refractivity contribution in [2.24, 2.45) is 0 Å². The summed E-state index contributed by atoms with van der Waals surface area (Å²) in [4.78, 5) is 0. The molecule has 0 spiro atoms. The quantitative estimate of drug-likeness (QED) is 0.107. The van der Waals surface area contributed by atoms with Crippen LogP contribution in [-0.2, 0) is 4.43 Å². The van der Waals surface area contributed by atoms with E-state index in [1.54, 1.807) is 13.3 Å². The van der Waals surface area contributed by atoms with Gasteiger partial charge in [-0.3, -0.25) is 0 Å². The van der Waals surface area contributed by atoms with Gasteiger partial charge in [0.2, 0.25) is 0 Å². The van der Waals surface area contributed by atoms with E-state index in [9.17, 15) is 0 Å². The predicted molar refractivity (Wildman–Crippen MR) is 150 cm³/mol. The Labute approximate surface area is 203 Å². The summed E-state index contributed by atoms with van der Waals surface area (Å²) in [6.45, 7) is 19.8. The Hall–Kier alpha value is 0.716. The first kappa shape index (κ1) is 31.7. The van der Waals surface area contributed by atoms with Gasteiger partial charge in [-0.05, 0) is 18.1 Å². The van der Waals surface area contributed by atoms with Gasteiger partial charge in [0.15, 0.2) is 0 Å². The summed E-state index contributed by atoms with van der Waals surface area (Å²) in [5.74, 6) is 0. The summed E-state index contributed by atoms with van der Waals surface area (Å²) in [6.07, 6.45) is 20.7. The molecule has 0 aliphatic carbocycles. The Morgan fingerprint density at radius 3 is 1.58 bits per heavy atom. The third-order valence-corrected chi connectivity index (χ3v) is 26.4. The molecule has 0 aromatic rings. The van der Waals surface area contributed by atoms with Crippen LogP contribution < -0.4 is 0 Å². The van der Waals surface area contributed by atoms with Crippen LogP contribution in [0.15, 0.2) is 10.2 Å². The standard InChI is InChI=1S/C16H33OSi.3C4H9.Sn/c1-7-8-9-10-11-12-13-14-15-17-18(5,6)16(2,3)4;3*1-3-4-2;/h1,7H,8-15H2,2-6H3;3*1,3-4H2,2H3;. The first-order chi connectivity index (χ1) is 14.6. The van der Waals surface area contributed by atoms with Crippen molar-refractivity contribution in [3.63, 3.8) is 0 Å². The van der Waals surface area contributed by atoms with Gasteiger partial charge in [-0.15, -0.1) is 0 Å². The van der Waals surface area contributed by atoms with Crippen molar-refractivity contribution < 1.29 is 4.43 Å². The molecule has 0 unspecified atom stereocenters. The van der Waals surface area contributed by atoms with Crippen molar-refractivity contribution in [2.45, 2.75) is 156 Å². The van der Waals surface area contributed by atoms with Crippen LogP contribution in [-0.4, -0.2) is 33.3 Å². The average Bonchev–Trinajstić information content (AvgIpc) is 2.71. The zero-order valence-corrected chi connectivity index (χ0v) is 26.9. The van der Waals surface area contributed by atoms with Crippen molar-refractivity contribution in [1.29, 1.82) is 0 Å². The van der Waals surface area contributed by atoms with Gasteiger partial charge in [-0.2, -0.15) is 0 Å². The van der Waals surface area contributed by atoms with Crippen LogP contribution in [0.3, 0.4) is 0 Å². The second-order valence-corrected chi connectivity index (χ2v) is 29.4. The molecule has 0 amide bonds. The minimum absolute atomic E-state index is 0.339. The number of allylic oxidation sites excluding steroid dienone is 1. The third kappa shape index (κ3) is 15.3. The fourth-order valence-electron chi connectivity index (χ4n) is 4.16. The van der Waals surface area contributed by atoms with E-state index in [0.29, 0.717) is 5.04 Å². The normalized spacial score (nSPS) is 13.4. The Kier molecular flexibility index (Phi) is 18.5. The Bertz CT molecular complexity index is 417. The molecule has 0 aromatic carbocycles. The van der Waals surface area contributed by atoms with Gasteiger partial charge in [0.1, 0.15) is 0 Å². The second kappa shape index (κ2) is 18.1. The second-order valence-electron chi connectivity index (χ2n) is 11.6. The molecule has 186 valence electrons. The number of unbranched alkanes of at least 4 members (excludes halogenated alkanes) is 9. The molecule has 0 aliphatic heterocycles. The molecule has 3 heteroatoms. The van der Waals surface area contributed by atoms with Crippen molar-refractivity contribution >= 4 is 26.7 Å². The van der Waals surface area contributed by atoms with E-state index in [4.69, 9.17) is 4.43 Å². The maximum absolute atomic E-state index is 6.30. The SMILES string of the molecule is CCC[CH2][Sn](/[CH]=C/CCCCCCCCO[Si](C)(C)C(C)(C)C)([CH2]CCC)[CH2]CCC. The summed E-state index contributed by atoms with van der Waals surface area (Å²) in [7, 11) is -1.54. The van der Waals surface area contributed by atoms with Crippen LogP contribution in [0.5, 0.6) is 0 Å². The van der Waals surface area contributed by atoms with Crippen molar-refractivity contribution in [3.05, 3.63) is 10.2 Å². The fourth-order valence-corrected chi connectivity index (χ4v) is 19.8. The van der Waals surface area contributed by atoms with Crippen LogP contribution >= 0.6 is 0 Å². The molecule has 0 aliphatic rings. The minimum atomic E-state index is -2.02. The van der Waals surface area contributed by atoms with E-state index in [2.05, 4.69) is 64.8 Å². The van der Waals surface area contributed by atoms with Crippen LogP contribution in [0.1, 0.15) is 125 Å². The van der Waals surface area contributed by atoms with Gasteiger partial charge in [0, 0.05) is 0 Å². The molecular weight excluding hydrogens is 499 g/mol. The Morgan fingerprint density at radius 2 is 1.13 bits per heavy atom. The first-order valence-corrected chi connectivity index (χ1v) is 24.6. The van der Waals surface area contributed by atoms with Crippen LogP contribution in [0.25, 0.3) is 0 Å². The molecule has 0 fully saturated rings. The molecule has 0 saturated carbocycles. The summed E-state index contributed by atoms with van der Waals surface area (Å²) in [5, 5.41) is 0.339. The van der Waals surface area contributed by atoms with E-state index in [0.717, 1.165) is 6.61 Å². The molecule has 0 saturated heterocycles. The maximum atomic E-state index is 6.30. The van der Waals surface area contributed by atoms with Gasteiger partial charge in [-0.25, -0.2) is 0 Å². The van der Waals surface area contributed by atoms with Crippen LogP contribution in [0.4, 0.5) is 0 Å². The molecule has 1 nitrogen and oxygen atoms in total. The third-order valence-electron chi connectivity index (χ3n) is 7.59. The zero-order chi connectivity index (χ0) is 23.6. The molecule has 0 heterocycles. The summed E-state index contributed by atoms with van der Waals surface area (Å²) >= 11 is -2.02. The Balaban J connectivity index is 4.12. The van der Waals surface area contributed by atoms with E-state index in [1.807, 2.05) is 0 Å². The summed E-state index contributed by atoms with van der Waals surface area (Å²) in [5.41, 5.74) is 0. The first-order valence-electron chi connectivity index (χ1n) is 14.0.